The van der Waals surface area contributed by atoms with Crippen LogP contribution in [0.4, 0.5) is 0 Å². The molecule has 0 bridgehead atoms. The lowest BCUT2D eigenvalue weighted by atomic mass is 9.91. The number of esters is 1. The molecule has 0 saturated carbocycles. The Balaban J connectivity index is 2.33. The van der Waals surface area contributed by atoms with Crippen molar-refractivity contribution < 1.29 is 9.53 Å². The van der Waals surface area contributed by atoms with Crippen LogP contribution in [0.15, 0.2) is 0 Å². The van der Waals surface area contributed by atoms with E-state index in [1.165, 1.54) is 0 Å². The molecule has 0 aromatic carbocycles. The van der Waals surface area contributed by atoms with Gasteiger partial charge in [0.05, 0.1) is 6.61 Å². The molecule has 0 aliphatic carbocycles. The zero-order valence-electron chi connectivity index (χ0n) is 10.8. The Kier molecular flexibility index (Phi) is 5.26. The molecule has 0 spiro atoms. The number of hydrogen-bond acceptors (Lipinski definition) is 3. The SMILES string of the molecule is CCCC(C)COC(=O)C1(C)CCCCN1. The van der Waals surface area contributed by atoms with Gasteiger partial charge in [0.25, 0.3) is 0 Å². The van der Waals surface area contributed by atoms with Crippen molar-refractivity contribution in [3.05, 3.63) is 0 Å². The van der Waals surface area contributed by atoms with Crippen LogP contribution in [0.5, 0.6) is 0 Å². The Labute approximate surface area is 98.9 Å². The predicted octanol–water partition coefficient (Wildman–Crippen LogP) is 2.50. The number of ether oxygens (including phenoxy) is 1. The van der Waals surface area contributed by atoms with E-state index in [1.807, 2.05) is 6.92 Å². The molecule has 3 nitrogen and oxygen atoms in total. The standard InChI is InChI=1S/C13H25NO2/c1-4-7-11(2)10-16-12(15)13(3)8-5-6-9-14-13/h11,14H,4-10H2,1-3H3. The topological polar surface area (TPSA) is 38.3 Å². The van der Waals surface area contributed by atoms with E-state index in [4.69, 9.17) is 4.74 Å². The highest BCUT2D eigenvalue weighted by Gasteiger charge is 2.35. The Bertz CT molecular complexity index is 222. The molecule has 1 saturated heterocycles. The minimum Gasteiger partial charge on any atom is -0.464 e. The van der Waals surface area contributed by atoms with Crippen LogP contribution in [-0.2, 0) is 9.53 Å². The fourth-order valence-corrected chi connectivity index (χ4v) is 2.18. The molecular formula is C13H25NO2. The van der Waals surface area contributed by atoms with E-state index in [0.717, 1.165) is 38.6 Å². The lowest BCUT2D eigenvalue weighted by Gasteiger charge is -2.32. The zero-order valence-corrected chi connectivity index (χ0v) is 10.8. The normalized spacial score (nSPS) is 27.4. The fourth-order valence-electron chi connectivity index (χ4n) is 2.18. The molecule has 0 aromatic rings. The average Bonchev–Trinajstić information content (AvgIpc) is 2.27. The molecule has 94 valence electrons. The van der Waals surface area contributed by atoms with Gasteiger partial charge in [-0.25, -0.2) is 0 Å². The number of carbonyl (C=O) groups excluding carboxylic acids is 1. The first-order chi connectivity index (χ1) is 7.58. The van der Waals surface area contributed by atoms with Crippen LogP contribution >= 0.6 is 0 Å². The Hall–Kier alpha value is -0.570. The van der Waals surface area contributed by atoms with E-state index in [-0.39, 0.29) is 5.97 Å². The monoisotopic (exact) mass is 227 g/mol. The molecule has 1 heterocycles. The third kappa shape index (κ3) is 3.78. The van der Waals surface area contributed by atoms with E-state index in [1.54, 1.807) is 0 Å². The van der Waals surface area contributed by atoms with Gasteiger partial charge in [0, 0.05) is 0 Å². The molecular weight excluding hydrogens is 202 g/mol. The van der Waals surface area contributed by atoms with Crippen molar-refractivity contribution >= 4 is 5.97 Å². The van der Waals surface area contributed by atoms with Crippen molar-refractivity contribution in [1.82, 2.24) is 5.32 Å². The molecule has 16 heavy (non-hydrogen) atoms. The summed E-state index contributed by atoms with van der Waals surface area (Å²) in [4.78, 5) is 11.9. The molecule has 3 heteroatoms. The number of piperidine rings is 1. The van der Waals surface area contributed by atoms with E-state index < -0.39 is 5.54 Å². The van der Waals surface area contributed by atoms with Crippen molar-refractivity contribution in [2.45, 2.75) is 58.4 Å². The molecule has 0 radical (unpaired) electrons. The number of carbonyl (C=O) groups is 1. The summed E-state index contributed by atoms with van der Waals surface area (Å²) in [5, 5.41) is 3.28. The quantitative estimate of drug-likeness (QED) is 0.733. The van der Waals surface area contributed by atoms with E-state index in [2.05, 4.69) is 19.2 Å². The van der Waals surface area contributed by atoms with Crippen LogP contribution < -0.4 is 5.32 Å². The van der Waals surface area contributed by atoms with Crippen LogP contribution in [0.1, 0.15) is 52.9 Å². The van der Waals surface area contributed by atoms with Crippen molar-refractivity contribution in [1.29, 1.82) is 0 Å². The van der Waals surface area contributed by atoms with Gasteiger partial charge in [-0.3, -0.25) is 4.79 Å². The molecule has 1 aliphatic rings. The first-order valence-electron chi connectivity index (χ1n) is 6.50. The Morgan fingerprint density at radius 1 is 1.50 bits per heavy atom. The molecule has 0 aromatic heterocycles. The van der Waals surface area contributed by atoms with Gasteiger partial charge in [-0.1, -0.05) is 20.3 Å². The van der Waals surface area contributed by atoms with Crippen LogP contribution in [0.3, 0.4) is 0 Å². The van der Waals surface area contributed by atoms with Crippen LogP contribution in [0.25, 0.3) is 0 Å². The van der Waals surface area contributed by atoms with Gasteiger partial charge in [0.1, 0.15) is 5.54 Å². The van der Waals surface area contributed by atoms with Gasteiger partial charge in [-0.2, -0.15) is 0 Å². The van der Waals surface area contributed by atoms with Gasteiger partial charge in [0.15, 0.2) is 0 Å². The molecule has 2 unspecified atom stereocenters. The summed E-state index contributed by atoms with van der Waals surface area (Å²) in [6.07, 6.45) is 5.44. The minimum atomic E-state index is -0.440. The summed E-state index contributed by atoms with van der Waals surface area (Å²) < 4.78 is 5.40. The fraction of sp³-hybridized carbons (Fsp3) is 0.923. The lowest BCUT2D eigenvalue weighted by molar-refractivity contribution is -0.153. The Morgan fingerprint density at radius 3 is 2.81 bits per heavy atom. The van der Waals surface area contributed by atoms with E-state index in [0.29, 0.717) is 12.5 Å². The van der Waals surface area contributed by atoms with Gasteiger partial charge < -0.3 is 10.1 Å². The molecule has 2 atom stereocenters. The largest absolute Gasteiger partial charge is 0.464 e. The molecule has 1 N–H and O–H groups in total. The first-order valence-corrected chi connectivity index (χ1v) is 6.50. The predicted molar refractivity (Wildman–Crippen MR) is 65.3 cm³/mol. The highest BCUT2D eigenvalue weighted by atomic mass is 16.5. The maximum atomic E-state index is 11.9. The summed E-state index contributed by atoms with van der Waals surface area (Å²) in [5.74, 6) is 0.399. The van der Waals surface area contributed by atoms with Crippen molar-refractivity contribution in [2.75, 3.05) is 13.2 Å². The van der Waals surface area contributed by atoms with E-state index in [9.17, 15) is 4.79 Å². The molecule has 1 rings (SSSR count). The summed E-state index contributed by atoms with van der Waals surface area (Å²) >= 11 is 0. The summed E-state index contributed by atoms with van der Waals surface area (Å²) in [5.41, 5.74) is -0.440. The Morgan fingerprint density at radius 2 is 2.25 bits per heavy atom. The van der Waals surface area contributed by atoms with Crippen LogP contribution in [0.2, 0.25) is 0 Å². The van der Waals surface area contributed by atoms with Gasteiger partial charge in [-0.05, 0) is 45.1 Å². The summed E-state index contributed by atoms with van der Waals surface area (Å²) in [6.45, 7) is 7.73. The third-order valence-electron chi connectivity index (χ3n) is 3.35. The lowest BCUT2D eigenvalue weighted by Crippen LogP contribution is -2.53. The zero-order chi connectivity index (χ0) is 12.0. The third-order valence-corrected chi connectivity index (χ3v) is 3.35. The van der Waals surface area contributed by atoms with Gasteiger partial charge in [0.2, 0.25) is 0 Å². The molecule has 1 aliphatic heterocycles. The average molecular weight is 227 g/mol. The highest BCUT2D eigenvalue weighted by Crippen LogP contribution is 2.20. The van der Waals surface area contributed by atoms with Crippen LogP contribution in [0, 0.1) is 5.92 Å². The van der Waals surface area contributed by atoms with Gasteiger partial charge >= 0.3 is 5.97 Å². The van der Waals surface area contributed by atoms with Crippen LogP contribution in [-0.4, -0.2) is 24.7 Å². The number of hydrogen-bond donors (Lipinski definition) is 1. The number of nitrogens with one attached hydrogen (secondary N) is 1. The molecule has 1 fully saturated rings. The van der Waals surface area contributed by atoms with Crippen molar-refractivity contribution in [3.8, 4) is 0 Å². The smallest absolute Gasteiger partial charge is 0.326 e. The number of rotatable bonds is 5. The molecule has 0 amide bonds. The van der Waals surface area contributed by atoms with Gasteiger partial charge in [-0.15, -0.1) is 0 Å². The summed E-state index contributed by atoms with van der Waals surface area (Å²) in [6, 6.07) is 0. The summed E-state index contributed by atoms with van der Waals surface area (Å²) in [7, 11) is 0. The van der Waals surface area contributed by atoms with E-state index >= 15 is 0 Å². The second-order valence-corrected chi connectivity index (χ2v) is 5.21. The van der Waals surface area contributed by atoms with Crippen molar-refractivity contribution in [2.24, 2.45) is 5.92 Å². The maximum absolute atomic E-state index is 11.9. The van der Waals surface area contributed by atoms with Crippen molar-refractivity contribution in [3.63, 3.8) is 0 Å². The maximum Gasteiger partial charge on any atom is 0.326 e. The minimum absolute atomic E-state index is 0.0739. The second-order valence-electron chi connectivity index (χ2n) is 5.21. The first kappa shape index (κ1) is 13.5. The highest BCUT2D eigenvalue weighted by molar-refractivity contribution is 5.80. The second kappa shape index (κ2) is 6.24.